The molecule has 14 heavy (non-hydrogen) atoms. The van der Waals surface area contributed by atoms with E-state index < -0.39 is 0 Å². The third kappa shape index (κ3) is 3.25. The fourth-order valence-corrected chi connectivity index (χ4v) is 2.17. The van der Waals surface area contributed by atoms with Gasteiger partial charge in [-0.2, -0.15) is 0 Å². The minimum atomic E-state index is 0.442. The minimum absolute atomic E-state index is 0.442. The van der Waals surface area contributed by atoms with E-state index in [0.717, 1.165) is 6.54 Å². The van der Waals surface area contributed by atoms with Crippen molar-refractivity contribution in [3.05, 3.63) is 0 Å². The summed E-state index contributed by atoms with van der Waals surface area (Å²) >= 11 is 0. The molecule has 2 heteroatoms. The van der Waals surface area contributed by atoms with Gasteiger partial charge in [-0.3, -0.25) is 4.90 Å². The molecule has 2 nitrogen and oxygen atoms in total. The summed E-state index contributed by atoms with van der Waals surface area (Å²) in [6.45, 7) is 12.9. The van der Waals surface area contributed by atoms with E-state index in [2.05, 4.69) is 37.9 Å². The third-order valence-corrected chi connectivity index (χ3v) is 3.56. The van der Waals surface area contributed by atoms with E-state index in [1.54, 1.807) is 0 Å². The van der Waals surface area contributed by atoms with Gasteiger partial charge in [0.1, 0.15) is 0 Å². The van der Waals surface area contributed by atoms with Crippen molar-refractivity contribution >= 4 is 0 Å². The molecule has 0 aromatic heterocycles. The number of hydrogen-bond acceptors (Lipinski definition) is 2. The highest BCUT2D eigenvalue weighted by Gasteiger charge is 2.30. The van der Waals surface area contributed by atoms with Gasteiger partial charge in [0.2, 0.25) is 0 Å². The van der Waals surface area contributed by atoms with Gasteiger partial charge in [-0.25, -0.2) is 0 Å². The van der Waals surface area contributed by atoms with Crippen molar-refractivity contribution in [2.24, 2.45) is 0 Å². The zero-order valence-electron chi connectivity index (χ0n) is 10.3. The van der Waals surface area contributed by atoms with Crippen LogP contribution in [0.15, 0.2) is 0 Å². The SMILES string of the molecule is CCC(C)NCCN1CCCC1(C)C. The van der Waals surface area contributed by atoms with Crippen molar-refractivity contribution in [3.8, 4) is 0 Å². The number of nitrogens with one attached hydrogen (secondary N) is 1. The molecule has 0 aliphatic carbocycles. The highest BCUT2D eigenvalue weighted by molar-refractivity contribution is 4.87. The second-order valence-electron chi connectivity index (χ2n) is 5.17. The molecule has 84 valence electrons. The second-order valence-corrected chi connectivity index (χ2v) is 5.17. The predicted octanol–water partition coefficient (Wildman–Crippen LogP) is 2.25. The molecule has 1 aliphatic rings. The average Bonchev–Trinajstić information content (AvgIpc) is 2.45. The largest absolute Gasteiger partial charge is 0.313 e. The molecule has 1 atom stereocenters. The lowest BCUT2D eigenvalue weighted by atomic mass is 10.0. The van der Waals surface area contributed by atoms with Gasteiger partial charge in [0.15, 0.2) is 0 Å². The predicted molar refractivity (Wildman–Crippen MR) is 62.6 cm³/mol. The Bertz CT molecular complexity index is 166. The molecular formula is C12H26N2. The fraction of sp³-hybridized carbons (Fsp3) is 1.00. The topological polar surface area (TPSA) is 15.3 Å². The lowest BCUT2D eigenvalue weighted by Gasteiger charge is -2.31. The Hall–Kier alpha value is -0.0800. The molecular weight excluding hydrogens is 172 g/mol. The first-order valence-corrected chi connectivity index (χ1v) is 6.04. The molecule has 0 radical (unpaired) electrons. The first-order valence-electron chi connectivity index (χ1n) is 6.04. The van der Waals surface area contributed by atoms with Crippen LogP contribution in [0.25, 0.3) is 0 Å². The quantitative estimate of drug-likeness (QED) is 0.729. The summed E-state index contributed by atoms with van der Waals surface area (Å²) in [5.74, 6) is 0. The van der Waals surface area contributed by atoms with E-state index in [1.807, 2.05) is 0 Å². The molecule has 0 saturated carbocycles. The van der Waals surface area contributed by atoms with Crippen LogP contribution in [-0.2, 0) is 0 Å². The van der Waals surface area contributed by atoms with E-state index in [0.29, 0.717) is 11.6 Å². The summed E-state index contributed by atoms with van der Waals surface area (Å²) in [6, 6.07) is 0.667. The van der Waals surface area contributed by atoms with Gasteiger partial charge < -0.3 is 5.32 Å². The van der Waals surface area contributed by atoms with Gasteiger partial charge in [0, 0.05) is 24.7 Å². The van der Waals surface area contributed by atoms with Crippen molar-refractivity contribution in [2.75, 3.05) is 19.6 Å². The fourth-order valence-electron chi connectivity index (χ4n) is 2.17. The van der Waals surface area contributed by atoms with Crippen molar-refractivity contribution in [3.63, 3.8) is 0 Å². The summed E-state index contributed by atoms with van der Waals surface area (Å²) in [5, 5.41) is 3.56. The van der Waals surface area contributed by atoms with Crippen LogP contribution in [0.1, 0.15) is 47.0 Å². The van der Waals surface area contributed by atoms with Crippen LogP contribution in [0.5, 0.6) is 0 Å². The summed E-state index contributed by atoms with van der Waals surface area (Å²) in [4.78, 5) is 2.61. The molecule has 1 unspecified atom stereocenters. The van der Waals surface area contributed by atoms with Crippen LogP contribution in [0, 0.1) is 0 Å². The van der Waals surface area contributed by atoms with Gasteiger partial charge in [-0.15, -0.1) is 0 Å². The minimum Gasteiger partial charge on any atom is -0.313 e. The van der Waals surface area contributed by atoms with E-state index in [9.17, 15) is 0 Å². The average molecular weight is 198 g/mol. The maximum atomic E-state index is 3.56. The number of nitrogens with zero attached hydrogens (tertiary/aromatic N) is 1. The summed E-state index contributed by atoms with van der Waals surface area (Å²) < 4.78 is 0. The summed E-state index contributed by atoms with van der Waals surface area (Å²) in [6.07, 6.45) is 3.95. The molecule has 1 heterocycles. The highest BCUT2D eigenvalue weighted by atomic mass is 15.2. The molecule has 0 aromatic carbocycles. The second kappa shape index (κ2) is 5.13. The van der Waals surface area contributed by atoms with E-state index >= 15 is 0 Å². The molecule has 0 amide bonds. The van der Waals surface area contributed by atoms with Gasteiger partial charge >= 0.3 is 0 Å². The third-order valence-electron chi connectivity index (χ3n) is 3.56. The van der Waals surface area contributed by atoms with Crippen molar-refractivity contribution in [1.29, 1.82) is 0 Å². The maximum absolute atomic E-state index is 3.56. The van der Waals surface area contributed by atoms with E-state index in [1.165, 1.54) is 32.4 Å². The lowest BCUT2D eigenvalue weighted by Crippen LogP contribution is -2.43. The van der Waals surface area contributed by atoms with Crippen LogP contribution < -0.4 is 5.32 Å². The standard InChI is InChI=1S/C12H26N2/c1-5-11(2)13-8-10-14-9-6-7-12(14,3)4/h11,13H,5-10H2,1-4H3. The smallest absolute Gasteiger partial charge is 0.0154 e. The Balaban J connectivity index is 2.18. The molecule has 0 aromatic rings. The summed E-state index contributed by atoms with van der Waals surface area (Å²) in [7, 11) is 0. The first-order chi connectivity index (χ1) is 6.56. The normalized spacial score (nSPS) is 24.0. The Morgan fingerprint density at radius 1 is 1.43 bits per heavy atom. The van der Waals surface area contributed by atoms with Crippen LogP contribution in [-0.4, -0.2) is 36.1 Å². The Morgan fingerprint density at radius 2 is 2.14 bits per heavy atom. The van der Waals surface area contributed by atoms with Gasteiger partial charge in [0.05, 0.1) is 0 Å². The Labute approximate surface area is 89.1 Å². The zero-order valence-corrected chi connectivity index (χ0v) is 10.3. The Kier molecular flexibility index (Phi) is 4.39. The molecule has 1 saturated heterocycles. The first kappa shape index (κ1) is 12.0. The van der Waals surface area contributed by atoms with Crippen molar-refractivity contribution < 1.29 is 0 Å². The van der Waals surface area contributed by atoms with E-state index in [-0.39, 0.29) is 0 Å². The molecule has 0 spiro atoms. The molecule has 0 bridgehead atoms. The van der Waals surface area contributed by atoms with Crippen molar-refractivity contribution in [2.45, 2.75) is 58.5 Å². The van der Waals surface area contributed by atoms with Crippen molar-refractivity contribution in [1.82, 2.24) is 10.2 Å². The zero-order chi connectivity index (χ0) is 10.6. The van der Waals surface area contributed by atoms with Gasteiger partial charge in [-0.1, -0.05) is 6.92 Å². The highest BCUT2D eigenvalue weighted by Crippen LogP contribution is 2.27. The van der Waals surface area contributed by atoms with Crippen LogP contribution in [0.4, 0.5) is 0 Å². The summed E-state index contributed by atoms with van der Waals surface area (Å²) in [5.41, 5.74) is 0.442. The maximum Gasteiger partial charge on any atom is 0.0154 e. The number of hydrogen-bond donors (Lipinski definition) is 1. The van der Waals surface area contributed by atoms with Gasteiger partial charge in [0.25, 0.3) is 0 Å². The van der Waals surface area contributed by atoms with Crippen LogP contribution in [0.2, 0.25) is 0 Å². The monoisotopic (exact) mass is 198 g/mol. The van der Waals surface area contributed by atoms with Gasteiger partial charge in [-0.05, 0) is 46.6 Å². The molecule has 1 aliphatic heterocycles. The van der Waals surface area contributed by atoms with Crippen LogP contribution >= 0.6 is 0 Å². The Morgan fingerprint density at radius 3 is 2.64 bits per heavy atom. The lowest BCUT2D eigenvalue weighted by molar-refractivity contribution is 0.174. The number of likely N-dealkylation sites (tertiary alicyclic amines) is 1. The molecule has 1 N–H and O–H groups in total. The van der Waals surface area contributed by atoms with Crippen LogP contribution in [0.3, 0.4) is 0 Å². The molecule has 1 rings (SSSR count). The molecule has 1 fully saturated rings. The number of rotatable bonds is 5. The van der Waals surface area contributed by atoms with E-state index in [4.69, 9.17) is 0 Å².